The molecule has 2 aromatic rings. The number of para-hydroxylation sites is 1. The number of carbonyl (C=O) groups is 1. The van der Waals surface area contributed by atoms with Gasteiger partial charge in [-0.15, -0.1) is 0 Å². The molecule has 0 spiro atoms. The Kier molecular flexibility index (Phi) is 9.75. The lowest BCUT2D eigenvalue weighted by Crippen LogP contribution is -2.52. The van der Waals surface area contributed by atoms with Crippen molar-refractivity contribution >= 4 is 17.4 Å². The molecule has 0 atom stereocenters. The van der Waals surface area contributed by atoms with Crippen molar-refractivity contribution in [2.24, 2.45) is 23.1 Å². The molecule has 1 aromatic carbocycles. The molecule has 5 rings (SSSR count). The van der Waals surface area contributed by atoms with E-state index in [2.05, 4.69) is 10.00 Å². The Labute approximate surface area is 260 Å². The minimum atomic E-state index is -0.466. The van der Waals surface area contributed by atoms with Gasteiger partial charge in [-0.1, -0.05) is 12.1 Å². The maximum absolute atomic E-state index is 12.3. The number of phenols is 1. The number of piperidine rings is 2. The van der Waals surface area contributed by atoms with Gasteiger partial charge in [-0.25, -0.2) is 4.79 Å². The van der Waals surface area contributed by atoms with Crippen molar-refractivity contribution in [2.75, 3.05) is 26.2 Å². The molecular formula is C33H49N7O4. The highest BCUT2D eigenvalue weighted by Crippen LogP contribution is 2.34. The van der Waals surface area contributed by atoms with E-state index in [0.717, 1.165) is 63.7 Å². The summed E-state index contributed by atoms with van der Waals surface area (Å²) < 4.78 is 13.9. The quantitative estimate of drug-likeness (QED) is 0.327. The molecular weight excluding hydrogens is 558 g/mol. The molecule has 1 aromatic heterocycles. The maximum Gasteiger partial charge on any atom is 0.410 e. The number of likely N-dealkylation sites (tertiary alicyclic amines) is 2. The zero-order valence-electron chi connectivity index (χ0n) is 26.3. The van der Waals surface area contributed by atoms with Crippen LogP contribution in [0.15, 0.2) is 48.6 Å². The van der Waals surface area contributed by atoms with E-state index in [0.29, 0.717) is 48.0 Å². The topological polar surface area (TPSA) is 158 Å². The number of allylic oxidation sites excluding steroid dienone is 2. The first kappa shape index (κ1) is 31.7. The van der Waals surface area contributed by atoms with Crippen molar-refractivity contribution in [3.05, 3.63) is 59.7 Å². The lowest BCUT2D eigenvalue weighted by Gasteiger charge is -2.47. The summed E-state index contributed by atoms with van der Waals surface area (Å²) in [5.74, 6) is 0.789. The number of aromatic hydroxyl groups is 1. The van der Waals surface area contributed by atoms with E-state index in [1.165, 1.54) is 0 Å². The first-order chi connectivity index (χ1) is 20.9. The van der Waals surface area contributed by atoms with Gasteiger partial charge in [0.15, 0.2) is 0 Å². The predicted octanol–water partition coefficient (Wildman–Crippen LogP) is 3.83. The number of ether oxygens (including phenoxy) is 2. The van der Waals surface area contributed by atoms with E-state index in [1.807, 2.05) is 37.7 Å². The van der Waals surface area contributed by atoms with Crippen LogP contribution in [-0.2, 0) is 16.0 Å². The summed E-state index contributed by atoms with van der Waals surface area (Å²) in [5.41, 5.74) is 20.1. The second-order valence-corrected chi connectivity index (χ2v) is 13.5. The minimum Gasteiger partial charge on any atom is -0.507 e. The molecule has 44 heavy (non-hydrogen) atoms. The van der Waals surface area contributed by atoms with Gasteiger partial charge in [0.25, 0.3) is 0 Å². The highest BCUT2D eigenvalue weighted by Gasteiger charge is 2.38. The highest BCUT2D eigenvalue weighted by atomic mass is 16.6. The van der Waals surface area contributed by atoms with Crippen LogP contribution in [0.3, 0.4) is 0 Å². The number of rotatable bonds is 8. The molecule has 1 aliphatic carbocycles. The number of phenolic OH excluding ortho intramolecular Hbond substituents is 1. The van der Waals surface area contributed by atoms with Gasteiger partial charge in [0, 0.05) is 54.3 Å². The molecule has 240 valence electrons. The Balaban J connectivity index is 1.03. The van der Waals surface area contributed by atoms with Gasteiger partial charge in [0.2, 0.25) is 0 Å². The molecule has 3 fully saturated rings. The smallest absolute Gasteiger partial charge is 0.410 e. The molecule has 2 saturated heterocycles. The van der Waals surface area contributed by atoms with Crippen molar-refractivity contribution in [3.63, 3.8) is 0 Å². The van der Waals surface area contributed by atoms with Crippen molar-refractivity contribution in [3.8, 4) is 5.75 Å². The predicted molar refractivity (Wildman–Crippen MR) is 171 cm³/mol. The monoisotopic (exact) mass is 607 g/mol. The van der Waals surface area contributed by atoms with E-state index in [-0.39, 0.29) is 23.8 Å². The number of amides is 1. The summed E-state index contributed by atoms with van der Waals surface area (Å²) >= 11 is 0. The third-order valence-electron chi connectivity index (χ3n) is 8.93. The first-order valence-electron chi connectivity index (χ1n) is 15.9. The molecule has 1 saturated carbocycles. The minimum absolute atomic E-state index is 0.0978. The summed E-state index contributed by atoms with van der Waals surface area (Å²) in [5, 5.41) is 14.7. The summed E-state index contributed by atoms with van der Waals surface area (Å²) in [6.07, 6.45) is 11.9. The number of nitrogens with zero attached hydrogens (tertiary/aromatic N) is 4. The molecule has 0 unspecified atom stereocenters. The Bertz CT molecular complexity index is 1340. The van der Waals surface area contributed by atoms with Crippen LogP contribution in [0.4, 0.5) is 4.79 Å². The van der Waals surface area contributed by atoms with Crippen molar-refractivity contribution < 1.29 is 19.4 Å². The van der Waals surface area contributed by atoms with Crippen LogP contribution in [0, 0.1) is 5.92 Å². The normalized spacial score (nSPS) is 22.4. The van der Waals surface area contributed by atoms with Crippen molar-refractivity contribution in [1.29, 1.82) is 0 Å². The summed E-state index contributed by atoms with van der Waals surface area (Å²) in [6, 6.07) is 7.49. The van der Waals surface area contributed by atoms with E-state index in [4.69, 9.17) is 26.7 Å². The van der Waals surface area contributed by atoms with Gasteiger partial charge in [0.1, 0.15) is 17.2 Å². The van der Waals surface area contributed by atoms with E-state index < -0.39 is 5.60 Å². The summed E-state index contributed by atoms with van der Waals surface area (Å²) in [4.78, 5) is 16.8. The highest BCUT2D eigenvalue weighted by molar-refractivity contribution is 5.84. The van der Waals surface area contributed by atoms with Crippen LogP contribution in [0.2, 0.25) is 0 Å². The number of carbonyl (C=O) groups excluding carboxylic acids is 1. The summed E-state index contributed by atoms with van der Waals surface area (Å²) in [7, 11) is 0. The Morgan fingerprint density at radius 2 is 1.70 bits per heavy atom. The second kappa shape index (κ2) is 13.5. The van der Waals surface area contributed by atoms with Crippen LogP contribution in [0.1, 0.15) is 70.4 Å². The first-order valence-corrected chi connectivity index (χ1v) is 15.9. The molecule has 0 radical (unpaired) electrons. The standard InChI is InChI=1S/C33H49N7O4/c1-33(2,3)44-32(42)39-14-10-25(11-15-39)43-26-16-24(17-26)38-12-8-22(9-13-38)20-40-21-23(19-37-40)28(31(35)36)18-29(34)27-6-4-5-7-30(27)41/h4-7,18-19,21-22,24-26,41H,8-17,20,34-36H2,1-3H3/b29-18-. The summed E-state index contributed by atoms with van der Waals surface area (Å²) in [6.45, 7) is 10.1. The number of nitrogens with two attached hydrogens (primary N) is 3. The number of aromatic nitrogens is 2. The van der Waals surface area contributed by atoms with Crippen molar-refractivity contribution in [1.82, 2.24) is 19.6 Å². The van der Waals surface area contributed by atoms with E-state index in [1.54, 1.807) is 35.4 Å². The van der Waals surface area contributed by atoms with Gasteiger partial charge < -0.3 is 41.6 Å². The Morgan fingerprint density at radius 1 is 1.02 bits per heavy atom. The second-order valence-electron chi connectivity index (χ2n) is 13.5. The van der Waals surface area contributed by atoms with Crippen LogP contribution in [0.25, 0.3) is 11.3 Å². The van der Waals surface area contributed by atoms with Crippen LogP contribution < -0.4 is 17.2 Å². The SMILES string of the molecule is CC(C)(C)OC(=O)N1CCC(OC2CC(N3CCC(Cn4cc(C(/C=C(\N)c5ccccc5O)=C(N)N)cn4)CC3)C2)CC1. The van der Waals surface area contributed by atoms with E-state index in [9.17, 15) is 9.90 Å². The lowest BCUT2D eigenvalue weighted by molar-refractivity contribution is -0.106. The van der Waals surface area contributed by atoms with Crippen molar-refractivity contribution in [2.45, 2.75) is 89.7 Å². The van der Waals surface area contributed by atoms with Gasteiger partial charge in [-0.2, -0.15) is 5.10 Å². The molecule has 3 heterocycles. The fraction of sp³-hybridized carbons (Fsp3) is 0.576. The number of benzene rings is 1. The fourth-order valence-electron chi connectivity index (χ4n) is 6.37. The number of hydrogen-bond acceptors (Lipinski definition) is 9. The Hall–Kier alpha value is -3.70. The average Bonchev–Trinajstić information content (AvgIpc) is 3.41. The van der Waals surface area contributed by atoms with E-state index >= 15 is 0 Å². The lowest BCUT2D eigenvalue weighted by atomic mass is 9.85. The zero-order valence-corrected chi connectivity index (χ0v) is 26.3. The molecule has 11 heteroatoms. The molecule has 3 aliphatic rings. The maximum atomic E-state index is 12.3. The fourth-order valence-corrected chi connectivity index (χ4v) is 6.37. The molecule has 11 nitrogen and oxygen atoms in total. The molecule has 7 N–H and O–H groups in total. The van der Waals surface area contributed by atoms with Crippen LogP contribution in [-0.4, -0.2) is 80.8 Å². The van der Waals surface area contributed by atoms with Crippen LogP contribution in [0.5, 0.6) is 5.75 Å². The largest absolute Gasteiger partial charge is 0.507 e. The third-order valence-corrected chi connectivity index (χ3v) is 8.93. The van der Waals surface area contributed by atoms with Crippen LogP contribution >= 0.6 is 0 Å². The van der Waals surface area contributed by atoms with Gasteiger partial charge >= 0.3 is 6.09 Å². The zero-order chi connectivity index (χ0) is 31.4. The molecule has 1 amide bonds. The van der Waals surface area contributed by atoms with Gasteiger partial charge in [-0.3, -0.25) is 4.68 Å². The number of hydrogen-bond donors (Lipinski definition) is 4. The van der Waals surface area contributed by atoms with Gasteiger partial charge in [0.05, 0.1) is 18.4 Å². The Morgan fingerprint density at radius 3 is 2.34 bits per heavy atom. The average molecular weight is 608 g/mol. The van der Waals surface area contributed by atoms with Gasteiger partial charge in [-0.05, 0) is 96.5 Å². The third kappa shape index (κ3) is 8.06. The molecule has 2 aliphatic heterocycles. The molecule has 0 bridgehead atoms.